The van der Waals surface area contributed by atoms with Gasteiger partial charge in [0.2, 0.25) is 5.91 Å². The molecule has 0 radical (unpaired) electrons. The standard InChI is InChI=1S/C20H28ClN3O3/c1-20(19(26)27)13-15(18(25)24-10-6-9-22(2)11-12-24)17(23(20)3)14-7-4-5-8-16(14)21/h4-5,7-8,15,17H,6,9-13H2,1-3H3,(H,26,27)/t15?,17?,20-/m0/s1. The van der Waals surface area contributed by atoms with E-state index in [4.69, 9.17) is 11.6 Å². The summed E-state index contributed by atoms with van der Waals surface area (Å²) in [7, 11) is 3.84. The molecular weight excluding hydrogens is 366 g/mol. The molecule has 1 N–H and O–H groups in total. The topological polar surface area (TPSA) is 64.1 Å². The average Bonchev–Trinajstić information content (AvgIpc) is 2.77. The number of likely N-dealkylation sites (N-methyl/N-ethyl adjacent to an activating group) is 2. The molecule has 7 heteroatoms. The number of carbonyl (C=O) groups excluding carboxylic acids is 1. The molecule has 0 spiro atoms. The quantitative estimate of drug-likeness (QED) is 0.853. The number of hydrogen-bond acceptors (Lipinski definition) is 4. The minimum absolute atomic E-state index is 0.0343. The van der Waals surface area contributed by atoms with Crippen LogP contribution < -0.4 is 0 Å². The van der Waals surface area contributed by atoms with Gasteiger partial charge in [-0.05, 0) is 52.0 Å². The van der Waals surface area contributed by atoms with Crippen molar-refractivity contribution in [3.05, 3.63) is 34.9 Å². The summed E-state index contributed by atoms with van der Waals surface area (Å²) in [5.41, 5.74) is -0.288. The van der Waals surface area contributed by atoms with Gasteiger partial charge < -0.3 is 14.9 Å². The normalized spacial score (nSPS) is 30.3. The molecule has 2 unspecified atom stereocenters. The maximum atomic E-state index is 13.5. The van der Waals surface area contributed by atoms with Crippen LogP contribution in [0.4, 0.5) is 0 Å². The first kappa shape index (κ1) is 20.1. The zero-order valence-electron chi connectivity index (χ0n) is 16.2. The second-order valence-electron chi connectivity index (χ2n) is 7.95. The van der Waals surface area contributed by atoms with Crippen molar-refractivity contribution in [2.24, 2.45) is 5.92 Å². The van der Waals surface area contributed by atoms with E-state index in [0.29, 0.717) is 18.1 Å². The zero-order chi connectivity index (χ0) is 19.8. The van der Waals surface area contributed by atoms with Crippen molar-refractivity contribution < 1.29 is 14.7 Å². The lowest BCUT2D eigenvalue weighted by atomic mass is 9.89. The fraction of sp³-hybridized carbons (Fsp3) is 0.600. The molecule has 2 heterocycles. The van der Waals surface area contributed by atoms with E-state index >= 15 is 0 Å². The largest absolute Gasteiger partial charge is 0.480 e. The third-order valence-electron chi connectivity index (χ3n) is 6.23. The Bertz CT molecular complexity index is 728. The maximum absolute atomic E-state index is 13.5. The first-order valence-corrected chi connectivity index (χ1v) is 9.81. The molecule has 0 aromatic heterocycles. The second kappa shape index (κ2) is 7.78. The van der Waals surface area contributed by atoms with Crippen LogP contribution in [-0.4, -0.2) is 77.5 Å². The van der Waals surface area contributed by atoms with Crippen LogP contribution in [0.25, 0.3) is 0 Å². The Kier molecular flexibility index (Phi) is 5.79. The molecular formula is C20H28ClN3O3. The summed E-state index contributed by atoms with van der Waals surface area (Å²) in [6, 6.07) is 7.07. The molecule has 2 aliphatic heterocycles. The highest BCUT2D eigenvalue weighted by Crippen LogP contribution is 2.48. The van der Waals surface area contributed by atoms with Crippen LogP contribution in [0.3, 0.4) is 0 Å². The molecule has 27 heavy (non-hydrogen) atoms. The molecule has 2 fully saturated rings. The molecule has 3 atom stereocenters. The number of halogens is 1. The predicted molar refractivity (Wildman–Crippen MR) is 105 cm³/mol. The van der Waals surface area contributed by atoms with E-state index in [-0.39, 0.29) is 18.4 Å². The van der Waals surface area contributed by atoms with Crippen molar-refractivity contribution in [1.82, 2.24) is 14.7 Å². The minimum Gasteiger partial charge on any atom is -0.480 e. The Morgan fingerprint density at radius 1 is 1.15 bits per heavy atom. The Balaban J connectivity index is 1.96. The number of amides is 1. The number of rotatable bonds is 3. The van der Waals surface area contributed by atoms with E-state index in [0.717, 1.165) is 25.1 Å². The smallest absolute Gasteiger partial charge is 0.323 e. The van der Waals surface area contributed by atoms with Crippen LogP contribution in [0.2, 0.25) is 5.02 Å². The highest BCUT2D eigenvalue weighted by Gasteiger charge is 2.55. The number of nitrogens with zero attached hydrogens (tertiary/aromatic N) is 3. The van der Waals surface area contributed by atoms with Crippen molar-refractivity contribution in [3.63, 3.8) is 0 Å². The third-order valence-corrected chi connectivity index (χ3v) is 6.57. The first-order chi connectivity index (χ1) is 12.8. The van der Waals surface area contributed by atoms with Crippen molar-refractivity contribution in [1.29, 1.82) is 0 Å². The van der Waals surface area contributed by atoms with Crippen LogP contribution in [0.5, 0.6) is 0 Å². The summed E-state index contributed by atoms with van der Waals surface area (Å²) in [6.45, 7) is 4.88. The van der Waals surface area contributed by atoms with E-state index in [9.17, 15) is 14.7 Å². The number of carboxylic acids is 1. The summed E-state index contributed by atoms with van der Waals surface area (Å²) >= 11 is 6.44. The number of carbonyl (C=O) groups is 2. The van der Waals surface area contributed by atoms with Crippen LogP contribution in [-0.2, 0) is 9.59 Å². The molecule has 0 bridgehead atoms. The first-order valence-electron chi connectivity index (χ1n) is 9.44. The predicted octanol–water partition coefficient (Wildman–Crippen LogP) is 2.34. The van der Waals surface area contributed by atoms with Crippen LogP contribution in [0.15, 0.2) is 24.3 Å². The van der Waals surface area contributed by atoms with Gasteiger partial charge in [0.15, 0.2) is 0 Å². The fourth-order valence-electron chi connectivity index (χ4n) is 4.36. The van der Waals surface area contributed by atoms with Gasteiger partial charge in [0.25, 0.3) is 0 Å². The third kappa shape index (κ3) is 3.71. The van der Waals surface area contributed by atoms with Gasteiger partial charge in [-0.25, -0.2) is 0 Å². The minimum atomic E-state index is -1.10. The molecule has 0 saturated carbocycles. The van der Waals surface area contributed by atoms with Gasteiger partial charge >= 0.3 is 5.97 Å². The van der Waals surface area contributed by atoms with E-state index in [1.54, 1.807) is 20.0 Å². The number of likely N-dealkylation sites (tertiary alicyclic amines) is 1. The zero-order valence-corrected chi connectivity index (χ0v) is 16.9. The highest BCUT2D eigenvalue weighted by molar-refractivity contribution is 6.31. The molecule has 0 aliphatic carbocycles. The van der Waals surface area contributed by atoms with Crippen LogP contribution in [0, 0.1) is 5.92 Å². The summed E-state index contributed by atoms with van der Waals surface area (Å²) in [5, 5.41) is 10.4. The van der Waals surface area contributed by atoms with Crippen molar-refractivity contribution in [2.45, 2.75) is 31.3 Å². The van der Waals surface area contributed by atoms with E-state index in [1.807, 2.05) is 28.0 Å². The monoisotopic (exact) mass is 393 g/mol. The molecule has 6 nitrogen and oxygen atoms in total. The van der Waals surface area contributed by atoms with E-state index < -0.39 is 17.4 Å². The van der Waals surface area contributed by atoms with Gasteiger partial charge in [-0.2, -0.15) is 0 Å². The van der Waals surface area contributed by atoms with Crippen LogP contribution >= 0.6 is 11.6 Å². The van der Waals surface area contributed by atoms with Gasteiger partial charge in [-0.15, -0.1) is 0 Å². The van der Waals surface area contributed by atoms with Gasteiger partial charge in [-0.1, -0.05) is 29.8 Å². The second-order valence-corrected chi connectivity index (χ2v) is 8.36. The van der Waals surface area contributed by atoms with Gasteiger partial charge in [0.05, 0.1) is 5.92 Å². The molecule has 1 aromatic rings. The van der Waals surface area contributed by atoms with Gasteiger partial charge in [0.1, 0.15) is 5.54 Å². The number of carboxylic acid groups (broad SMARTS) is 1. The van der Waals surface area contributed by atoms with Gasteiger partial charge in [-0.3, -0.25) is 14.5 Å². The molecule has 148 valence electrons. The highest BCUT2D eigenvalue weighted by atomic mass is 35.5. The molecule has 1 aromatic carbocycles. The van der Waals surface area contributed by atoms with Crippen molar-refractivity contribution >= 4 is 23.5 Å². The Labute approximate surface area is 165 Å². The molecule has 2 saturated heterocycles. The fourth-order valence-corrected chi connectivity index (χ4v) is 4.61. The number of hydrogen-bond donors (Lipinski definition) is 1. The number of aliphatic carboxylic acids is 1. The summed E-state index contributed by atoms with van der Waals surface area (Å²) in [4.78, 5) is 31.4. The van der Waals surface area contributed by atoms with E-state index in [1.165, 1.54) is 0 Å². The van der Waals surface area contributed by atoms with E-state index in [2.05, 4.69) is 11.9 Å². The lowest BCUT2D eigenvalue weighted by molar-refractivity contribution is -0.148. The lowest BCUT2D eigenvalue weighted by Crippen LogP contribution is -2.46. The van der Waals surface area contributed by atoms with Crippen molar-refractivity contribution in [2.75, 3.05) is 40.3 Å². The lowest BCUT2D eigenvalue weighted by Gasteiger charge is -2.33. The Hall–Kier alpha value is -1.63. The van der Waals surface area contributed by atoms with Crippen LogP contribution in [0.1, 0.15) is 31.4 Å². The SMILES string of the molecule is CN1CCCN(C(=O)C2C[C@@](C)(C(=O)O)N(C)C2c2ccccc2Cl)CC1. The number of benzene rings is 1. The molecule has 3 rings (SSSR count). The maximum Gasteiger partial charge on any atom is 0.323 e. The average molecular weight is 394 g/mol. The molecule has 1 amide bonds. The Morgan fingerprint density at radius 3 is 2.52 bits per heavy atom. The summed E-state index contributed by atoms with van der Waals surface area (Å²) in [6.07, 6.45) is 1.21. The van der Waals surface area contributed by atoms with Crippen molar-refractivity contribution in [3.8, 4) is 0 Å². The summed E-state index contributed by atoms with van der Waals surface area (Å²) < 4.78 is 0. The van der Waals surface area contributed by atoms with Gasteiger partial charge in [0, 0.05) is 30.7 Å². The Morgan fingerprint density at radius 2 is 1.85 bits per heavy atom. The molecule has 2 aliphatic rings. The summed E-state index contributed by atoms with van der Waals surface area (Å²) in [5.74, 6) is -1.31.